The van der Waals surface area contributed by atoms with E-state index in [0.29, 0.717) is 18.8 Å². The van der Waals surface area contributed by atoms with E-state index in [-0.39, 0.29) is 0 Å². The zero-order valence-electron chi connectivity index (χ0n) is 11.6. The Kier molecular flexibility index (Phi) is 4.85. The van der Waals surface area contributed by atoms with Crippen LogP contribution in [0.15, 0.2) is 48.5 Å². The zero-order valence-corrected chi connectivity index (χ0v) is 11.6. The average Bonchev–Trinajstić information content (AvgIpc) is 2.46. The molecule has 0 unspecified atom stereocenters. The van der Waals surface area contributed by atoms with Crippen molar-refractivity contribution < 1.29 is 17.9 Å². The monoisotopic (exact) mass is 295 g/mol. The molecular weight excluding hydrogens is 279 g/mol. The van der Waals surface area contributed by atoms with E-state index < -0.39 is 11.7 Å². The molecule has 112 valence electrons. The SMILES string of the molecule is COCc1ccc(CNc2ccc(C(F)(F)F)cc2)cc1. The number of ether oxygens (including phenoxy) is 1. The van der Waals surface area contributed by atoms with E-state index in [1.165, 1.54) is 12.1 Å². The highest BCUT2D eigenvalue weighted by Crippen LogP contribution is 2.29. The summed E-state index contributed by atoms with van der Waals surface area (Å²) >= 11 is 0. The van der Waals surface area contributed by atoms with Gasteiger partial charge in [0.25, 0.3) is 0 Å². The van der Waals surface area contributed by atoms with Crippen LogP contribution in [0.1, 0.15) is 16.7 Å². The summed E-state index contributed by atoms with van der Waals surface area (Å²) in [6.45, 7) is 1.12. The van der Waals surface area contributed by atoms with Gasteiger partial charge in [0.2, 0.25) is 0 Å². The van der Waals surface area contributed by atoms with Crippen molar-refractivity contribution in [1.82, 2.24) is 0 Å². The lowest BCUT2D eigenvalue weighted by molar-refractivity contribution is -0.137. The summed E-state index contributed by atoms with van der Waals surface area (Å²) in [6.07, 6.45) is -4.30. The first-order valence-electron chi connectivity index (χ1n) is 6.47. The molecule has 2 aromatic rings. The molecule has 5 heteroatoms. The number of hydrogen-bond acceptors (Lipinski definition) is 2. The third kappa shape index (κ3) is 4.49. The summed E-state index contributed by atoms with van der Waals surface area (Å²) in [6, 6.07) is 12.9. The topological polar surface area (TPSA) is 21.3 Å². The molecule has 0 saturated heterocycles. The van der Waals surface area contributed by atoms with Crippen LogP contribution in [0.4, 0.5) is 18.9 Å². The molecule has 0 amide bonds. The van der Waals surface area contributed by atoms with Crippen LogP contribution in [0.25, 0.3) is 0 Å². The Morgan fingerprint density at radius 1 is 0.905 bits per heavy atom. The third-order valence-corrected chi connectivity index (χ3v) is 3.04. The van der Waals surface area contributed by atoms with Gasteiger partial charge in [-0.15, -0.1) is 0 Å². The number of rotatable bonds is 5. The smallest absolute Gasteiger partial charge is 0.381 e. The third-order valence-electron chi connectivity index (χ3n) is 3.04. The minimum Gasteiger partial charge on any atom is -0.381 e. The van der Waals surface area contributed by atoms with Crippen molar-refractivity contribution in [3.05, 3.63) is 65.2 Å². The van der Waals surface area contributed by atoms with E-state index in [1.807, 2.05) is 24.3 Å². The molecule has 2 rings (SSSR count). The summed E-state index contributed by atoms with van der Waals surface area (Å²) in [4.78, 5) is 0. The molecule has 2 aromatic carbocycles. The molecule has 2 nitrogen and oxygen atoms in total. The quantitative estimate of drug-likeness (QED) is 0.879. The van der Waals surface area contributed by atoms with E-state index in [1.54, 1.807) is 7.11 Å². The normalized spacial score (nSPS) is 11.4. The van der Waals surface area contributed by atoms with Crippen LogP contribution in [0.2, 0.25) is 0 Å². The van der Waals surface area contributed by atoms with Gasteiger partial charge in [-0.25, -0.2) is 0 Å². The molecule has 0 atom stereocenters. The van der Waals surface area contributed by atoms with E-state index in [9.17, 15) is 13.2 Å². The van der Waals surface area contributed by atoms with Gasteiger partial charge >= 0.3 is 6.18 Å². The van der Waals surface area contributed by atoms with Crippen LogP contribution < -0.4 is 5.32 Å². The minimum atomic E-state index is -4.30. The number of anilines is 1. The largest absolute Gasteiger partial charge is 0.416 e. The van der Waals surface area contributed by atoms with Crippen molar-refractivity contribution in [1.29, 1.82) is 0 Å². The second-order valence-electron chi connectivity index (χ2n) is 4.68. The molecule has 0 aliphatic heterocycles. The van der Waals surface area contributed by atoms with Crippen molar-refractivity contribution in [2.75, 3.05) is 12.4 Å². The van der Waals surface area contributed by atoms with Gasteiger partial charge in [0.05, 0.1) is 12.2 Å². The Morgan fingerprint density at radius 3 is 2.00 bits per heavy atom. The highest BCUT2D eigenvalue weighted by atomic mass is 19.4. The Balaban J connectivity index is 1.93. The fraction of sp³-hybridized carbons (Fsp3) is 0.250. The molecule has 0 aliphatic carbocycles. The van der Waals surface area contributed by atoms with Crippen molar-refractivity contribution in [3.63, 3.8) is 0 Å². The standard InChI is InChI=1S/C16H16F3NO/c1-21-11-13-4-2-12(3-5-13)10-20-15-8-6-14(7-9-15)16(17,18)19/h2-9,20H,10-11H2,1H3. The lowest BCUT2D eigenvalue weighted by Crippen LogP contribution is -2.05. The van der Waals surface area contributed by atoms with Crippen molar-refractivity contribution >= 4 is 5.69 Å². The fourth-order valence-corrected chi connectivity index (χ4v) is 1.90. The average molecular weight is 295 g/mol. The van der Waals surface area contributed by atoms with Crippen LogP contribution in [-0.4, -0.2) is 7.11 Å². The maximum Gasteiger partial charge on any atom is 0.416 e. The van der Waals surface area contributed by atoms with Crippen LogP contribution in [0, 0.1) is 0 Å². The second-order valence-corrected chi connectivity index (χ2v) is 4.68. The highest BCUT2D eigenvalue weighted by molar-refractivity contribution is 5.45. The number of nitrogens with one attached hydrogen (secondary N) is 1. The lowest BCUT2D eigenvalue weighted by Gasteiger charge is -2.10. The summed E-state index contributed by atoms with van der Waals surface area (Å²) in [5.41, 5.74) is 2.14. The molecule has 0 bridgehead atoms. The Morgan fingerprint density at radius 2 is 1.48 bits per heavy atom. The molecular formula is C16H16F3NO. The molecule has 21 heavy (non-hydrogen) atoms. The van der Waals surface area contributed by atoms with Crippen molar-refractivity contribution in [2.24, 2.45) is 0 Å². The first kappa shape index (κ1) is 15.4. The van der Waals surface area contributed by atoms with Gasteiger partial charge in [0.1, 0.15) is 0 Å². The molecule has 1 N–H and O–H groups in total. The van der Waals surface area contributed by atoms with Gasteiger partial charge in [-0.3, -0.25) is 0 Å². The van der Waals surface area contributed by atoms with E-state index >= 15 is 0 Å². The maximum absolute atomic E-state index is 12.4. The van der Waals surface area contributed by atoms with Gasteiger partial charge in [0.15, 0.2) is 0 Å². The number of benzene rings is 2. The molecule has 0 fully saturated rings. The maximum atomic E-state index is 12.4. The predicted molar refractivity (Wildman–Crippen MR) is 75.9 cm³/mol. The van der Waals surface area contributed by atoms with E-state index in [0.717, 1.165) is 23.3 Å². The zero-order chi connectivity index (χ0) is 15.3. The number of hydrogen-bond donors (Lipinski definition) is 1. The first-order valence-corrected chi connectivity index (χ1v) is 6.47. The van der Waals surface area contributed by atoms with Gasteiger partial charge in [-0.1, -0.05) is 24.3 Å². The Hall–Kier alpha value is -2.01. The molecule has 0 saturated carbocycles. The molecule has 0 heterocycles. The van der Waals surface area contributed by atoms with Crippen LogP contribution >= 0.6 is 0 Å². The number of methoxy groups -OCH3 is 1. The first-order chi connectivity index (χ1) is 9.99. The fourth-order valence-electron chi connectivity index (χ4n) is 1.90. The Bertz CT molecular complexity index is 562. The van der Waals surface area contributed by atoms with Crippen LogP contribution in [0.3, 0.4) is 0 Å². The van der Waals surface area contributed by atoms with Crippen molar-refractivity contribution in [2.45, 2.75) is 19.3 Å². The molecule has 0 aromatic heterocycles. The molecule has 0 radical (unpaired) electrons. The van der Waals surface area contributed by atoms with Crippen LogP contribution in [0.5, 0.6) is 0 Å². The van der Waals surface area contributed by atoms with E-state index in [2.05, 4.69) is 5.32 Å². The van der Waals surface area contributed by atoms with Crippen LogP contribution in [-0.2, 0) is 24.1 Å². The number of halogens is 3. The number of alkyl halides is 3. The second kappa shape index (κ2) is 6.63. The Labute approximate surface area is 121 Å². The summed E-state index contributed by atoms with van der Waals surface area (Å²) in [7, 11) is 1.64. The van der Waals surface area contributed by atoms with Gasteiger partial charge in [-0.05, 0) is 35.4 Å². The summed E-state index contributed by atoms with van der Waals surface area (Å²) in [5.74, 6) is 0. The minimum absolute atomic E-state index is 0.554. The van der Waals surface area contributed by atoms with E-state index in [4.69, 9.17) is 4.74 Å². The summed E-state index contributed by atoms with van der Waals surface area (Å²) < 4.78 is 42.3. The van der Waals surface area contributed by atoms with Gasteiger partial charge < -0.3 is 10.1 Å². The molecule has 0 aliphatic rings. The molecule has 0 spiro atoms. The van der Waals surface area contributed by atoms with Crippen molar-refractivity contribution in [3.8, 4) is 0 Å². The van der Waals surface area contributed by atoms with Gasteiger partial charge in [-0.2, -0.15) is 13.2 Å². The lowest BCUT2D eigenvalue weighted by atomic mass is 10.1. The van der Waals surface area contributed by atoms with Gasteiger partial charge in [0, 0.05) is 19.3 Å². The highest BCUT2D eigenvalue weighted by Gasteiger charge is 2.29. The predicted octanol–water partition coefficient (Wildman–Crippen LogP) is 4.46. The summed E-state index contributed by atoms with van der Waals surface area (Å²) in [5, 5.41) is 3.09.